The van der Waals surface area contributed by atoms with Gasteiger partial charge in [0, 0.05) is 31.2 Å². The van der Waals surface area contributed by atoms with Crippen LogP contribution < -0.4 is 4.72 Å². The first-order valence-electron chi connectivity index (χ1n) is 13.4. The number of hydrogen-bond acceptors (Lipinski definition) is 4. The SMILES string of the molecule is O=C([C@H](Cc1ccccc1)NS(=O)(=O)c1ccc(Cl)cc1)N1CCN(C(c2ccccc2)c2ccccc2)CC1. The maximum atomic E-state index is 13.8. The molecule has 0 radical (unpaired) electrons. The van der Waals surface area contributed by atoms with Crippen molar-refractivity contribution < 1.29 is 13.2 Å². The summed E-state index contributed by atoms with van der Waals surface area (Å²) in [5.74, 6) is -0.225. The molecular weight excluding hydrogens is 542 g/mol. The Morgan fingerprint density at radius 2 is 1.23 bits per heavy atom. The molecule has 206 valence electrons. The van der Waals surface area contributed by atoms with Crippen molar-refractivity contribution in [2.24, 2.45) is 0 Å². The molecule has 0 unspecified atom stereocenters. The highest BCUT2D eigenvalue weighted by Crippen LogP contribution is 2.29. The Bertz CT molecular complexity index is 1450. The number of rotatable bonds is 9. The van der Waals surface area contributed by atoms with Gasteiger partial charge in [-0.25, -0.2) is 8.42 Å². The number of halogens is 1. The van der Waals surface area contributed by atoms with Gasteiger partial charge >= 0.3 is 0 Å². The van der Waals surface area contributed by atoms with Crippen LogP contribution in [0.3, 0.4) is 0 Å². The minimum atomic E-state index is -3.94. The Balaban J connectivity index is 1.34. The third-order valence-electron chi connectivity index (χ3n) is 7.22. The van der Waals surface area contributed by atoms with Gasteiger partial charge in [-0.15, -0.1) is 0 Å². The van der Waals surface area contributed by atoms with Crippen molar-refractivity contribution in [3.8, 4) is 0 Å². The normalized spacial score (nSPS) is 15.2. The standard InChI is InChI=1S/C32H32ClN3O3S/c33-28-16-18-29(19-17-28)40(38,39)34-30(24-25-10-4-1-5-11-25)32(37)36-22-20-35(21-23-36)31(26-12-6-2-7-13-26)27-14-8-3-9-15-27/h1-19,30-31,34H,20-24H2/t30-/m0/s1. The van der Waals surface area contributed by atoms with E-state index in [2.05, 4.69) is 33.9 Å². The summed E-state index contributed by atoms with van der Waals surface area (Å²) in [7, 11) is -3.94. The molecule has 4 aromatic carbocycles. The lowest BCUT2D eigenvalue weighted by molar-refractivity contribution is -0.135. The van der Waals surface area contributed by atoms with E-state index in [9.17, 15) is 13.2 Å². The molecule has 1 saturated heterocycles. The predicted octanol–water partition coefficient (Wildman–Crippen LogP) is 5.16. The van der Waals surface area contributed by atoms with E-state index in [-0.39, 0.29) is 23.3 Å². The number of piperazine rings is 1. The topological polar surface area (TPSA) is 69.7 Å². The van der Waals surface area contributed by atoms with Gasteiger partial charge < -0.3 is 4.90 Å². The molecule has 6 nitrogen and oxygen atoms in total. The van der Waals surface area contributed by atoms with E-state index in [0.29, 0.717) is 31.2 Å². The van der Waals surface area contributed by atoms with Crippen molar-refractivity contribution in [3.63, 3.8) is 0 Å². The maximum Gasteiger partial charge on any atom is 0.241 e. The Labute approximate surface area is 241 Å². The highest BCUT2D eigenvalue weighted by molar-refractivity contribution is 7.89. The first kappa shape index (κ1) is 28.1. The van der Waals surface area contributed by atoms with Crippen LogP contribution in [0.2, 0.25) is 5.02 Å². The van der Waals surface area contributed by atoms with Gasteiger partial charge in [-0.05, 0) is 47.4 Å². The van der Waals surface area contributed by atoms with E-state index < -0.39 is 16.1 Å². The average molecular weight is 574 g/mol. The first-order chi connectivity index (χ1) is 19.4. The van der Waals surface area contributed by atoms with E-state index in [0.717, 1.165) is 5.56 Å². The molecule has 0 aliphatic carbocycles. The van der Waals surface area contributed by atoms with Gasteiger partial charge in [0.05, 0.1) is 10.9 Å². The summed E-state index contributed by atoms with van der Waals surface area (Å²) < 4.78 is 29.2. The average Bonchev–Trinajstić information content (AvgIpc) is 2.99. The summed E-state index contributed by atoms with van der Waals surface area (Å²) in [6.45, 7) is 2.34. The summed E-state index contributed by atoms with van der Waals surface area (Å²) in [6.07, 6.45) is 0.253. The molecule has 1 aliphatic heterocycles. The second-order valence-corrected chi connectivity index (χ2v) is 12.1. The molecule has 1 aliphatic rings. The largest absolute Gasteiger partial charge is 0.339 e. The van der Waals surface area contributed by atoms with Crippen molar-refractivity contribution in [1.82, 2.24) is 14.5 Å². The van der Waals surface area contributed by atoms with Crippen LogP contribution in [0.1, 0.15) is 22.7 Å². The van der Waals surface area contributed by atoms with Crippen LogP contribution in [0, 0.1) is 0 Å². The van der Waals surface area contributed by atoms with Crippen LogP contribution >= 0.6 is 11.6 Å². The van der Waals surface area contributed by atoms with Gasteiger partial charge in [-0.2, -0.15) is 4.72 Å². The molecule has 1 N–H and O–H groups in total. The number of nitrogens with zero attached hydrogens (tertiary/aromatic N) is 2. The lowest BCUT2D eigenvalue weighted by Gasteiger charge is -2.40. The van der Waals surface area contributed by atoms with Crippen molar-refractivity contribution >= 4 is 27.5 Å². The zero-order chi connectivity index (χ0) is 28.0. The van der Waals surface area contributed by atoms with Gasteiger partial charge in [0.1, 0.15) is 6.04 Å². The van der Waals surface area contributed by atoms with Crippen LogP contribution in [0.5, 0.6) is 0 Å². The smallest absolute Gasteiger partial charge is 0.241 e. The second-order valence-electron chi connectivity index (χ2n) is 9.90. The van der Waals surface area contributed by atoms with Gasteiger partial charge in [0.15, 0.2) is 0 Å². The van der Waals surface area contributed by atoms with Gasteiger partial charge in [0.2, 0.25) is 15.9 Å². The zero-order valence-electron chi connectivity index (χ0n) is 22.1. The number of carbonyl (C=O) groups is 1. The minimum absolute atomic E-state index is 0.0705. The monoisotopic (exact) mass is 573 g/mol. The predicted molar refractivity (Wildman–Crippen MR) is 159 cm³/mol. The molecule has 1 heterocycles. The quantitative estimate of drug-likeness (QED) is 0.300. The van der Waals surface area contributed by atoms with Gasteiger partial charge in [-0.1, -0.05) is 103 Å². The van der Waals surface area contributed by atoms with E-state index >= 15 is 0 Å². The number of amides is 1. The van der Waals surface area contributed by atoms with Crippen LogP contribution in [0.25, 0.3) is 0 Å². The molecular formula is C32H32ClN3O3S. The van der Waals surface area contributed by atoms with E-state index in [4.69, 9.17) is 11.6 Å². The summed E-state index contributed by atoms with van der Waals surface area (Å²) in [5, 5.41) is 0.443. The summed E-state index contributed by atoms with van der Waals surface area (Å²) in [5.41, 5.74) is 3.28. The molecule has 0 aromatic heterocycles. The van der Waals surface area contributed by atoms with Crippen molar-refractivity contribution in [3.05, 3.63) is 137 Å². The highest BCUT2D eigenvalue weighted by atomic mass is 35.5. The molecule has 5 rings (SSSR count). The molecule has 0 bridgehead atoms. The zero-order valence-corrected chi connectivity index (χ0v) is 23.6. The number of carbonyl (C=O) groups excluding carboxylic acids is 1. The van der Waals surface area contributed by atoms with Crippen LogP contribution in [0.4, 0.5) is 0 Å². The summed E-state index contributed by atoms with van der Waals surface area (Å²) >= 11 is 5.96. The molecule has 8 heteroatoms. The van der Waals surface area contributed by atoms with Crippen LogP contribution in [0.15, 0.2) is 120 Å². The molecule has 1 fully saturated rings. The highest BCUT2D eigenvalue weighted by Gasteiger charge is 2.33. The fraction of sp³-hybridized carbons (Fsp3) is 0.219. The van der Waals surface area contributed by atoms with Crippen molar-refractivity contribution in [2.45, 2.75) is 23.4 Å². The van der Waals surface area contributed by atoms with Gasteiger partial charge in [-0.3, -0.25) is 9.69 Å². The minimum Gasteiger partial charge on any atom is -0.339 e. The van der Waals surface area contributed by atoms with Gasteiger partial charge in [0.25, 0.3) is 0 Å². The molecule has 4 aromatic rings. The molecule has 1 atom stereocenters. The maximum absolute atomic E-state index is 13.8. The fourth-order valence-electron chi connectivity index (χ4n) is 5.20. The second kappa shape index (κ2) is 12.8. The van der Waals surface area contributed by atoms with Crippen LogP contribution in [-0.2, 0) is 21.2 Å². The Hall–Kier alpha value is -3.49. The third kappa shape index (κ3) is 6.80. The molecule has 0 saturated carbocycles. The Morgan fingerprint density at radius 1 is 0.725 bits per heavy atom. The number of sulfonamides is 1. The van der Waals surface area contributed by atoms with E-state index in [1.165, 1.54) is 35.4 Å². The fourth-order valence-corrected chi connectivity index (χ4v) is 6.52. The van der Waals surface area contributed by atoms with Crippen LogP contribution in [-0.4, -0.2) is 56.3 Å². The number of nitrogens with one attached hydrogen (secondary N) is 1. The molecule has 1 amide bonds. The number of benzene rings is 4. The van der Waals surface area contributed by atoms with Crippen molar-refractivity contribution in [1.29, 1.82) is 0 Å². The van der Waals surface area contributed by atoms with E-state index in [1.807, 2.05) is 66.7 Å². The summed E-state index contributed by atoms with van der Waals surface area (Å²) in [6, 6.07) is 35.3. The Morgan fingerprint density at radius 3 is 1.75 bits per heavy atom. The summed E-state index contributed by atoms with van der Waals surface area (Å²) in [4.78, 5) is 18.1. The molecule has 40 heavy (non-hydrogen) atoms. The third-order valence-corrected chi connectivity index (χ3v) is 8.96. The number of hydrogen-bond donors (Lipinski definition) is 1. The Kier molecular flexibility index (Phi) is 8.97. The van der Waals surface area contributed by atoms with Crippen molar-refractivity contribution in [2.75, 3.05) is 26.2 Å². The first-order valence-corrected chi connectivity index (χ1v) is 15.2. The lowest BCUT2D eigenvalue weighted by atomic mass is 9.96. The lowest BCUT2D eigenvalue weighted by Crippen LogP contribution is -2.56. The molecule has 0 spiro atoms. The van der Waals surface area contributed by atoms with E-state index in [1.54, 1.807) is 4.90 Å².